The summed E-state index contributed by atoms with van der Waals surface area (Å²) in [7, 11) is -1.64. The highest BCUT2D eigenvalue weighted by molar-refractivity contribution is 7.89. The third-order valence-corrected chi connectivity index (χ3v) is 8.56. The maximum absolute atomic E-state index is 13.0. The van der Waals surface area contributed by atoms with Gasteiger partial charge in [-0.25, -0.2) is 13.1 Å². The molecule has 4 fully saturated rings. The van der Waals surface area contributed by atoms with Crippen molar-refractivity contribution < 1.29 is 13.2 Å². The van der Waals surface area contributed by atoms with E-state index < -0.39 is 10.0 Å². The average Bonchev–Trinajstić information content (AvgIpc) is 2.58. The number of hydrogen-bond donors (Lipinski definition) is 1. The molecule has 1 amide bonds. The van der Waals surface area contributed by atoms with E-state index in [1.165, 1.54) is 50.7 Å². The van der Waals surface area contributed by atoms with Crippen LogP contribution in [0.4, 0.5) is 0 Å². The maximum Gasteiger partial charge on any atom is 0.253 e. The Labute approximate surface area is 168 Å². The first-order chi connectivity index (χ1) is 13.2. The minimum atomic E-state index is -3.53. The molecule has 0 heterocycles. The predicted molar refractivity (Wildman–Crippen MR) is 109 cm³/mol. The number of benzene rings is 1. The van der Waals surface area contributed by atoms with Crippen molar-refractivity contribution >= 4 is 15.9 Å². The van der Waals surface area contributed by atoms with Crippen molar-refractivity contribution in [1.29, 1.82) is 0 Å². The van der Waals surface area contributed by atoms with E-state index in [0.717, 1.165) is 24.3 Å². The van der Waals surface area contributed by atoms with Gasteiger partial charge >= 0.3 is 0 Å². The number of sulfonamides is 1. The second-order valence-electron chi connectivity index (χ2n) is 9.88. The number of amides is 1. The van der Waals surface area contributed by atoms with Crippen LogP contribution in [0.3, 0.4) is 0 Å². The lowest BCUT2D eigenvalue weighted by molar-refractivity contribution is -0.0629. The molecule has 4 aliphatic carbocycles. The van der Waals surface area contributed by atoms with Crippen LogP contribution in [0.1, 0.15) is 62.7 Å². The summed E-state index contributed by atoms with van der Waals surface area (Å²) in [5, 5.41) is 0. The zero-order valence-electron chi connectivity index (χ0n) is 17.1. The summed E-state index contributed by atoms with van der Waals surface area (Å²) < 4.78 is 27.1. The highest BCUT2D eigenvalue weighted by Crippen LogP contribution is 2.60. The highest BCUT2D eigenvalue weighted by atomic mass is 32.2. The van der Waals surface area contributed by atoms with Gasteiger partial charge in [-0.2, -0.15) is 0 Å². The third-order valence-electron chi connectivity index (χ3n) is 6.89. The number of rotatable bonds is 6. The van der Waals surface area contributed by atoms with Crippen molar-refractivity contribution in [3.05, 3.63) is 29.8 Å². The van der Waals surface area contributed by atoms with Gasteiger partial charge < -0.3 is 4.90 Å². The smallest absolute Gasteiger partial charge is 0.253 e. The average molecular weight is 405 g/mol. The molecule has 4 bridgehead atoms. The summed E-state index contributed by atoms with van der Waals surface area (Å²) in [5.74, 6) is 2.59. The van der Waals surface area contributed by atoms with Crippen LogP contribution in [0.25, 0.3) is 0 Å². The Morgan fingerprint density at radius 2 is 1.57 bits per heavy atom. The summed E-state index contributed by atoms with van der Waals surface area (Å²) in [5.41, 5.74) is 0.861. The Bertz CT molecular complexity index is 810. The molecule has 1 N–H and O–H groups in total. The standard InChI is InChI=1S/C22H32N2O3S/c1-15(2)23-28(26,27)20-6-4-19(5-7-20)21(25)24(3)14-22-11-16-8-17(12-22)10-18(9-16)13-22/h4-7,15-18,23H,8-14H2,1-3H3. The first-order valence-corrected chi connectivity index (χ1v) is 12.0. The molecular weight excluding hydrogens is 372 g/mol. The summed E-state index contributed by atoms with van der Waals surface area (Å²) in [6, 6.07) is 6.14. The van der Waals surface area contributed by atoms with Gasteiger partial charge in [0.15, 0.2) is 0 Å². The van der Waals surface area contributed by atoms with E-state index in [2.05, 4.69) is 4.72 Å². The Kier molecular flexibility index (Phi) is 5.07. The van der Waals surface area contributed by atoms with Gasteiger partial charge in [0.2, 0.25) is 10.0 Å². The SMILES string of the molecule is CC(C)NS(=O)(=O)c1ccc(C(=O)N(C)CC23CC4CC(CC(C4)C2)C3)cc1. The molecule has 6 heteroatoms. The molecule has 0 spiro atoms. The molecule has 5 rings (SSSR count). The van der Waals surface area contributed by atoms with E-state index in [0.29, 0.717) is 11.0 Å². The summed E-state index contributed by atoms with van der Waals surface area (Å²) in [6.45, 7) is 4.40. The zero-order valence-corrected chi connectivity index (χ0v) is 18.0. The van der Waals surface area contributed by atoms with E-state index >= 15 is 0 Å². The number of nitrogens with one attached hydrogen (secondary N) is 1. The molecule has 4 aliphatic rings. The van der Waals surface area contributed by atoms with Gasteiger partial charge in [0.05, 0.1) is 4.90 Å². The highest BCUT2D eigenvalue weighted by Gasteiger charge is 2.51. The minimum Gasteiger partial charge on any atom is -0.341 e. The van der Waals surface area contributed by atoms with Crippen LogP contribution in [-0.4, -0.2) is 38.9 Å². The fraction of sp³-hybridized carbons (Fsp3) is 0.682. The molecule has 4 saturated carbocycles. The van der Waals surface area contributed by atoms with E-state index in [1.54, 1.807) is 26.0 Å². The van der Waals surface area contributed by atoms with Gasteiger partial charge in [-0.15, -0.1) is 0 Å². The number of carbonyl (C=O) groups is 1. The lowest BCUT2D eigenvalue weighted by Gasteiger charge is -2.57. The van der Waals surface area contributed by atoms with E-state index in [1.807, 2.05) is 11.9 Å². The number of hydrogen-bond acceptors (Lipinski definition) is 3. The first kappa shape index (κ1) is 19.9. The van der Waals surface area contributed by atoms with Crippen LogP contribution in [-0.2, 0) is 10.0 Å². The van der Waals surface area contributed by atoms with Crippen LogP contribution in [0.5, 0.6) is 0 Å². The number of nitrogens with zero attached hydrogens (tertiary/aromatic N) is 1. The van der Waals surface area contributed by atoms with Gasteiger partial charge in [0, 0.05) is 25.2 Å². The monoisotopic (exact) mass is 404 g/mol. The molecule has 0 aromatic heterocycles. The zero-order chi connectivity index (χ0) is 20.1. The molecule has 154 valence electrons. The summed E-state index contributed by atoms with van der Waals surface area (Å²) in [6.07, 6.45) is 8.02. The minimum absolute atomic E-state index is 0.0171. The Morgan fingerprint density at radius 3 is 2.04 bits per heavy atom. The molecular formula is C22H32N2O3S. The van der Waals surface area contributed by atoms with Crippen LogP contribution < -0.4 is 4.72 Å². The topological polar surface area (TPSA) is 66.5 Å². The molecule has 0 saturated heterocycles. The van der Waals surface area contributed by atoms with E-state index in [9.17, 15) is 13.2 Å². The molecule has 0 atom stereocenters. The van der Waals surface area contributed by atoms with Crippen molar-refractivity contribution in [2.75, 3.05) is 13.6 Å². The quantitative estimate of drug-likeness (QED) is 0.787. The first-order valence-electron chi connectivity index (χ1n) is 10.5. The fourth-order valence-electron chi connectivity index (χ4n) is 6.43. The van der Waals surface area contributed by atoms with Gasteiger partial charge in [-0.1, -0.05) is 0 Å². The normalized spacial score (nSPS) is 31.4. The Morgan fingerprint density at radius 1 is 1.07 bits per heavy atom. The van der Waals surface area contributed by atoms with Crippen LogP contribution >= 0.6 is 0 Å². The largest absolute Gasteiger partial charge is 0.341 e. The third kappa shape index (κ3) is 3.86. The molecule has 1 aromatic rings. The molecule has 0 aliphatic heterocycles. The second kappa shape index (κ2) is 7.13. The van der Waals surface area contributed by atoms with Crippen molar-refractivity contribution in [1.82, 2.24) is 9.62 Å². The van der Waals surface area contributed by atoms with Gasteiger partial charge in [0.1, 0.15) is 0 Å². The van der Waals surface area contributed by atoms with Gasteiger partial charge in [0.25, 0.3) is 5.91 Å². The van der Waals surface area contributed by atoms with Gasteiger partial charge in [-0.3, -0.25) is 4.79 Å². The number of carbonyl (C=O) groups excluding carboxylic acids is 1. The van der Waals surface area contributed by atoms with Crippen molar-refractivity contribution in [2.45, 2.75) is 63.3 Å². The maximum atomic E-state index is 13.0. The molecule has 0 unspecified atom stereocenters. The molecule has 28 heavy (non-hydrogen) atoms. The van der Waals surface area contributed by atoms with E-state index in [-0.39, 0.29) is 16.8 Å². The van der Waals surface area contributed by atoms with Crippen molar-refractivity contribution in [3.63, 3.8) is 0 Å². The van der Waals surface area contributed by atoms with Crippen LogP contribution in [0.2, 0.25) is 0 Å². The Balaban J connectivity index is 1.44. The predicted octanol–water partition coefficient (Wildman–Crippen LogP) is 3.66. The Hall–Kier alpha value is -1.40. The lowest BCUT2D eigenvalue weighted by atomic mass is 9.49. The molecule has 1 aromatic carbocycles. The van der Waals surface area contributed by atoms with Crippen molar-refractivity contribution in [2.24, 2.45) is 23.2 Å². The fourth-order valence-corrected chi connectivity index (χ4v) is 7.69. The lowest BCUT2D eigenvalue weighted by Crippen LogP contribution is -2.51. The van der Waals surface area contributed by atoms with Crippen molar-refractivity contribution in [3.8, 4) is 0 Å². The summed E-state index contributed by atoms with van der Waals surface area (Å²) >= 11 is 0. The molecule has 5 nitrogen and oxygen atoms in total. The van der Waals surface area contributed by atoms with Crippen LogP contribution in [0.15, 0.2) is 29.2 Å². The second-order valence-corrected chi connectivity index (χ2v) is 11.6. The molecule has 0 radical (unpaired) electrons. The van der Waals surface area contributed by atoms with Gasteiger partial charge in [-0.05, 0) is 99.8 Å². The van der Waals surface area contributed by atoms with E-state index in [4.69, 9.17) is 0 Å². The van der Waals surface area contributed by atoms with Crippen LogP contribution in [0, 0.1) is 23.2 Å². The summed E-state index contributed by atoms with van der Waals surface area (Å²) in [4.78, 5) is 15.0.